The van der Waals surface area contributed by atoms with Crippen molar-refractivity contribution in [3.63, 3.8) is 0 Å². The molecule has 2 aromatic rings. The number of likely N-dealkylation sites (N-methyl/N-ethyl adjacent to an activating group) is 1. The second-order valence-electron chi connectivity index (χ2n) is 4.74. The largest absolute Gasteiger partial charge is 0.310 e. The highest BCUT2D eigenvalue weighted by Crippen LogP contribution is 2.28. The SMILES string of the molecule is CCNC(Cc1nc(C)c(C)s1)c1ccc(Cl)c(Cl)c1. The Morgan fingerprint density at radius 3 is 2.55 bits per heavy atom. The number of hydrogen-bond donors (Lipinski definition) is 1. The summed E-state index contributed by atoms with van der Waals surface area (Å²) in [6.07, 6.45) is 0.866. The molecule has 1 atom stereocenters. The minimum Gasteiger partial charge on any atom is -0.310 e. The van der Waals surface area contributed by atoms with E-state index >= 15 is 0 Å². The van der Waals surface area contributed by atoms with Crippen LogP contribution in [-0.2, 0) is 6.42 Å². The van der Waals surface area contributed by atoms with Crippen LogP contribution in [0.1, 0.15) is 34.1 Å². The van der Waals surface area contributed by atoms with Gasteiger partial charge in [0.05, 0.1) is 20.7 Å². The number of nitrogens with zero attached hydrogens (tertiary/aromatic N) is 1. The lowest BCUT2D eigenvalue weighted by Gasteiger charge is -2.17. The first-order valence-electron chi connectivity index (χ1n) is 6.62. The summed E-state index contributed by atoms with van der Waals surface area (Å²) in [6, 6.07) is 6.01. The van der Waals surface area contributed by atoms with E-state index in [4.69, 9.17) is 23.2 Å². The fourth-order valence-corrected chi connectivity index (χ4v) is 3.37. The predicted octanol–water partition coefficient (Wildman–Crippen LogP) is 4.96. The highest BCUT2D eigenvalue weighted by atomic mass is 35.5. The number of halogens is 2. The first-order valence-corrected chi connectivity index (χ1v) is 8.19. The van der Waals surface area contributed by atoms with Gasteiger partial charge in [-0.3, -0.25) is 0 Å². The molecule has 0 aliphatic carbocycles. The Morgan fingerprint density at radius 1 is 1.25 bits per heavy atom. The molecule has 0 aliphatic heterocycles. The second-order valence-corrected chi connectivity index (χ2v) is 6.84. The van der Waals surface area contributed by atoms with Gasteiger partial charge in [-0.1, -0.05) is 36.2 Å². The maximum atomic E-state index is 6.12. The van der Waals surface area contributed by atoms with Gasteiger partial charge in [0.15, 0.2) is 0 Å². The monoisotopic (exact) mass is 328 g/mol. The van der Waals surface area contributed by atoms with Gasteiger partial charge in [0.25, 0.3) is 0 Å². The van der Waals surface area contributed by atoms with Gasteiger partial charge in [0, 0.05) is 17.3 Å². The Hall–Kier alpha value is -0.610. The van der Waals surface area contributed by atoms with Crippen LogP contribution in [0, 0.1) is 13.8 Å². The third kappa shape index (κ3) is 3.73. The molecule has 108 valence electrons. The number of nitrogens with one attached hydrogen (secondary N) is 1. The summed E-state index contributed by atoms with van der Waals surface area (Å²) in [5, 5.41) is 5.82. The third-order valence-electron chi connectivity index (χ3n) is 3.25. The Morgan fingerprint density at radius 2 is 2.00 bits per heavy atom. The van der Waals surface area contributed by atoms with E-state index in [9.17, 15) is 0 Å². The molecule has 0 amide bonds. The molecule has 0 saturated heterocycles. The van der Waals surface area contributed by atoms with E-state index in [1.807, 2.05) is 18.2 Å². The third-order valence-corrected chi connectivity index (χ3v) is 5.08. The molecule has 0 saturated carbocycles. The summed E-state index contributed by atoms with van der Waals surface area (Å²) in [7, 11) is 0. The average Bonchev–Trinajstić information content (AvgIpc) is 2.71. The van der Waals surface area contributed by atoms with E-state index in [1.54, 1.807) is 11.3 Å². The van der Waals surface area contributed by atoms with Crippen LogP contribution in [0.2, 0.25) is 10.0 Å². The molecule has 0 spiro atoms. The maximum Gasteiger partial charge on any atom is 0.0949 e. The average molecular weight is 329 g/mol. The zero-order chi connectivity index (χ0) is 14.7. The number of benzene rings is 1. The molecule has 1 N–H and O–H groups in total. The van der Waals surface area contributed by atoms with Crippen molar-refractivity contribution in [2.24, 2.45) is 0 Å². The fraction of sp³-hybridized carbons (Fsp3) is 0.400. The minimum absolute atomic E-state index is 0.208. The lowest BCUT2D eigenvalue weighted by atomic mass is 10.0. The van der Waals surface area contributed by atoms with Crippen LogP contribution in [0.15, 0.2) is 18.2 Å². The molecule has 1 aromatic heterocycles. The smallest absolute Gasteiger partial charge is 0.0949 e. The van der Waals surface area contributed by atoms with Crippen molar-refractivity contribution in [2.45, 2.75) is 33.2 Å². The molecule has 1 unspecified atom stereocenters. The van der Waals surface area contributed by atoms with Crippen molar-refractivity contribution < 1.29 is 0 Å². The predicted molar refractivity (Wildman–Crippen MR) is 88.2 cm³/mol. The van der Waals surface area contributed by atoms with Gasteiger partial charge in [-0.25, -0.2) is 4.98 Å². The molecule has 0 radical (unpaired) electrons. The normalized spacial score (nSPS) is 12.7. The zero-order valence-electron chi connectivity index (χ0n) is 11.8. The van der Waals surface area contributed by atoms with Crippen LogP contribution in [0.5, 0.6) is 0 Å². The van der Waals surface area contributed by atoms with Crippen molar-refractivity contribution in [3.05, 3.63) is 49.4 Å². The molecule has 2 nitrogen and oxygen atoms in total. The Balaban J connectivity index is 2.23. The molecule has 0 aliphatic rings. The molecule has 5 heteroatoms. The highest BCUT2D eigenvalue weighted by Gasteiger charge is 2.15. The standard InChI is InChI=1S/C15H18Cl2N2S/c1-4-18-14(8-15-19-9(2)10(3)20-15)11-5-6-12(16)13(17)7-11/h5-7,14,18H,4,8H2,1-3H3. The van der Waals surface area contributed by atoms with E-state index in [0.717, 1.165) is 29.2 Å². The minimum atomic E-state index is 0.208. The van der Waals surface area contributed by atoms with E-state index < -0.39 is 0 Å². The van der Waals surface area contributed by atoms with Crippen LogP contribution in [0.3, 0.4) is 0 Å². The van der Waals surface area contributed by atoms with Crippen LogP contribution in [0.4, 0.5) is 0 Å². The van der Waals surface area contributed by atoms with Gasteiger partial charge in [-0.15, -0.1) is 11.3 Å². The molecule has 0 bridgehead atoms. The molecule has 0 fully saturated rings. The van der Waals surface area contributed by atoms with Crippen LogP contribution in [-0.4, -0.2) is 11.5 Å². The number of rotatable bonds is 5. The van der Waals surface area contributed by atoms with Gasteiger partial charge in [0.1, 0.15) is 0 Å². The van der Waals surface area contributed by atoms with Gasteiger partial charge in [-0.05, 0) is 38.1 Å². The van der Waals surface area contributed by atoms with Crippen molar-refractivity contribution in [1.29, 1.82) is 0 Å². The topological polar surface area (TPSA) is 24.9 Å². The summed E-state index contributed by atoms with van der Waals surface area (Å²) >= 11 is 13.9. The maximum absolute atomic E-state index is 6.12. The van der Waals surface area contributed by atoms with E-state index in [-0.39, 0.29) is 6.04 Å². The summed E-state index contributed by atoms with van der Waals surface area (Å²) < 4.78 is 0. The first kappa shape index (κ1) is 15.8. The Bertz CT molecular complexity index is 576. The molecular formula is C15H18Cl2N2S. The summed E-state index contributed by atoms with van der Waals surface area (Å²) in [6.45, 7) is 7.16. The van der Waals surface area contributed by atoms with E-state index in [2.05, 4.69) is 31.1 Å². The molecule has 20 heavy (non-hydrogen) atoms. The first-order chi connectivity index (χ1) is 9.51. The molecule has 1 aromatic carbocycles. The van der Waals surface area contributed by atoms with Crippen LogP contribution in [0.25, 0.3) is 0 Å². The van der Waals surface area contributed by atoms with Crippen molar-refractivity contribution in [2.75, 3.05) is 6.54 Å². The van der Waals surface area contributed by atoms with Crippen LogP contribution >= 0.6 is 34.5 Å². The Labute approximate surface area is 134 Å². The summed E-state index contributed by atoms with van der Waals surface area (Å²) in [5.74, 6) is 0. The van der Waals surface area contributed by atoms with Crippen molar-refractivity contribution in [3.8, 4) is 0 Å². The lowest BCUT2D eigenvalue weighted by molar-refractivity contribution is 0.548. The molecule has 2 rings (SSSR count). The number of aromatic nitrogens is 1. The molecule has 1 heterocycles. The highest BCUT2D eigenvalue weighted by molar-refractivity contribution is 7.11. The fourth-order valence-electron chi connectivity index (χ4n) is 2.08. The second kappa shape index (κ2) is 6.90. The summed E-state index contributed by atoms with van der Waals surface area (Å²) in [5.41, 5.74) is 2.26. The van der Waals surface area contributed by atoms with Gasteiger partial charge >= 0.3 is 0 Å². The quantitative estimate of drug-likeness (QED) is 0.838. The lowest BCUT2D eigenvalue weighted by Crippen LogP contribution is -2.22. The van der Waals surface area contributed by atoms with Crippen molar-refractivity contribution >= 4 is 34.5 Å². The van der Waals surface area contributed by atoms with Crippen LogP contribution < -0.4 is 5.32 Å². The summed E-state index contributed by atoms with van der Waals surface area (Å²) in [4.78, 5) is 5.90. The Kier molecular flexibility index (Phi) is 5.44. The van der Waals surface area contributed by atoms with E-state index in [0.29, 0.717) is 10.0 Å². The van der Waals surface area contributed by atoms with Crippen molar-refractivity contribution in [1.82, 2.24) is 10.3 Å². The van der Waals surface area contributed by atoms with Gasteiger partial charge < -0.3 is 5.32 Å². The van der Waals surface area contributed by atoms with Gasteiger partial charge in [-0.2, -0.15) is 0 Å². The number of thiazole rings is 1. The number of hydrogen-bond acceptors (Lipinski definition) is 3. The van der Waals surface area contributed by atoms with Gasteiger partial charge in [0.2, 0.25) is 0 Å². The molecular weight excluding hydrogens is 311 g/mol. The zero-order valence-corrected chi connectivity index (χ0v) is 14.2. The van der Waals surface area contributed by atoms with E-state index in [1.165, 1.54) is 4.88 Å². The number of aryl methyl sites for hydroxylation is 2.